The maximum atomic E-state index is 5.60. The van der Waals surface area contributed by atoms with Gasteiger partial charge in [0.1, 0.15) is 5.82 Å². The monoisotopic (exact) mass is 234 g/mol. The van der Waals surface area contributed by atoms with Crippen molar-refractivity contribution < 1.29 is 0 Å². The van der Waals surface area contributed by atoms with E-state index >= 15 is 0 Å². The van der Waals surface area contributed by atoms with Gasteiger partial charge in [0.05, 0.1) is 0 Å². The number of nitrogens with one attached hydrogen (secondary N) is 1. The van der Waals surface area contributed by atoms with Crippen LogP contribution in [0.1, 0.15) is 39.5 Å². The maximum absolute atomic E-state index is 5.60. The average molecular weight is 234 g/mol. The lowest BCUT2D eigenvalue weighted by molar-refractivity contribution is 0.253. The summed E-state index contributed by atoms with van der Waals surface area (Å²) in [4.78, 5) is 8.13. The van der Waals surface area contributed by atoms with Crippen molar-refractivity contribution >= 4 is 11.8 Å². The van der Waals surface area contributed by atoms with Crippen molar-refractivity contribution in [1.29, 1.82) is 0 Å². The molecule has 0 radical (unpaired) electrons. The normalized spacial score (nSPS) is 24.9. The second kappa shape index (κ2) is 5.34. The van der Waals surface area contributed by atoms with Crippen LogP contribution in [-0.4, -0.2) is 16.0 Å². The summed E-state index contributed by atoms with van der Waals surface area (Å²) >= 11 is 0. The lowest BCUT2D eigenvalue weighted by Crippen LogP contribution is -2.35. The number of rotatable bonds is 3. The van der Waals surface area contributed by atoms with E-state index in [-0.39, 0.29) is 0 Å². The lowest BCUT2D eigenvalue weighted by atomic mass is 9.78. The third kappa shape index (κ3) is 3.08. The number of anilines is 2. The number of nitrogens with zero attached hydrogens (tertiary/aromatic N) is 2. The summed E-state index contributed by atoms with van der Waals surface area (Å²) < 4.78 is 0. The molecule has 2 rings (SSSR count). The smallest absolute Gasteiger partial charge is 0.221 e. The Bertz CT molecular complexity index is 364. The molecule has 94 valence electrons. The van der Waals surface area contributed by atoms with E-state index in [2.05, 4.69) is 29.1 Å². The van der Waals surface area contributed by atoms with Crippen molar-refractivity contribution in [3.05, 3.63) is 12.3 Å². The highest BCUT2D eigenvalue weighted by Crippen LogP contribution is 2.31. The van der Waals surface area contributed by atoms with Gasteiger partial charge in [-0.15, -0.1) is 0 Å². The quantitative estimate of drug-likeness (QED) is 0.844. The Morgan fingerprint density at radius 1 is 1.35 bits per heavy atom. The molecule has 0 aliphatic heterocycles. The van der Waals surface area contributed by atoms with Crippen LogP contribution in [0.25, 0.3) is 0 Å². The van der Waals surface area contributed by atoms with Crippen LogP contribution in [0.5, 0.6) is 0 Å². The highest BCUT2D eigenvalue weighted by molar-refractivity contribution is 5.38. The molecule has 2 unspecified atom stereocenters. The summed E-state index contributed by atoms with van der Waals surface area (Å²) in [5, 5.41) is 3.52. The van der Waals surface area contributed by atoms with E-state index < -0.39 is 0 Å². The highest BCUT2D eigenvalue weighted by atomic mass is 15.1. The first-order valence-corrected chi connectivity index (χ1v) is 6.52. The zero-order valence-electron chi connectivity index (χ0n) is 10.7. The molecule has 4 heteroatoms. The molecule has 1 saturated carbocycles. The van der Waals surface area contributed by atoms with Crippen LogP contribution >= 0.6 is 0 Å². The molecule has 1 heterocycles. The Morgan fingerprint density at radius 2 is 2.12 bits per heavy atom. The molecule has 0 aromatic carbocycles. The standard InChI is InChI=1S/C13H22N4/c1-9(2)10-5-3-4-6-11(10)16-12-7-8-15-13(14)17-12/h7-11H,3-6H2,1-2H3,(H3,14,15,16,17). The number of hydrogen-bond donors (Lipinski definition) is 2. The zero-order valence-corrected chi connectivity index (χ0v) is 10.7. The van der Waals surface area contributed by atoms with Gasteiger partial charge in [-0.2, -0.15) is 4.98 Å². The number of aromatic nitrogens is 2. The molecule has 4 nitrogen and oxygen atoms in total. The fourth-order valence-corrected chi connectivity index (χ4v) is 2.78. The lowest BCUT2D eigenvalue weighted by Gasteiger charge is -2.35. The van der Waals surface area contributed by atoms with Crippen molar-refractivity contribution in [2.45, 2.75) is 45.6 Å². The van der Waals surface area contributed by atoms with Crippen molar-refractivity contribution in [1.82, 2.24) is 9.97 Å². The SMILES string of the molecule is CC(C)C1CCCCC1Nc1ccnc(N)n1. The van der Waals surface area contributed by atoms with Gasteiger partial charge in [0.2, 0.25) is 5.95 Å². The summed E-state index contributed by atoms with van der Waals surface area (Å²) in [7, 11) is 0. The Balaban J connectivity index is 2.05. The van der Waals surface area contributed by atoms with E-state index in [9.17, 15) is 0 Å². The number of hydrogen-bond acceptors (Lipinski definition) is 4. The average Bonchev–Trinajstić information content (AvgIpc) is 2.29. The molecule has 2 atom stereocenters. The van der Waals surface area contributed by atoms with Crippen LogP contribution in [0.3, 0.4) is 0 Å². The maximum Gasteiger partial charge on any atom is 0.221 e. The molecular weight excluding hydrogens is 212 g/mol. The summed E-state index contributed by atoms with van der Waals surface area (Å²) in [5.74, 6) is 2.65. The van der Waals surface area contributed by atoms with Gasteiger partial charge in [-0.25, -0.2) is 4.98 Å². The molecule has 17 heavy (non-hydrogen) atoms. The van der Waals surface area contributed by atoms with E-state index in [0.717, 1.165) is 11.7 Å². The van der Waals surface area contributed by atoms with Gasteiger partial charge in [-0.05, 0) is 30.7 Å². The fraction of sp³-hybridized carbons (Fsp3) is 0.692. The Morgan fingerprint density at radius 3 is 2.82 bits per heavy atom. The van der Waals surface area contributed by atoms with Crippen molar-refractivity contribution in [3.8, 4) is 0 Å². The topological polar surface area (TPSA) is 63.8 Å². The molecule has 3 N–H and O–H groups in total. The molecule has 1 aromatic rings. The summed E-state index contributed by atoms with van der Waals surface area (Å²) in [6.07, 6.45) is 6.91. The summed E-state index contributed by atoms with van der Waals surface area (Å²) in [5.41, 5.74) is 5.60. The summed E-state index contributed by atoms with van der Waals surface area (Å²) in [6.45, 7) is 4.61. The first kappa shape index (κ1) is 12.1. The van der Waals surface area contributed by atoms with E-state index in [0.29, 0.717) is 17.9 Å². The van der Waals surface area contributed by atoms with Crippen molar-refractivity contribution in [2.75, 3.05) is 11.1 Å². The second-order valence-electron chi connectivity index (χ2n) is 5.24. The van der Waals surface area contributed by atoms with Crippen molar-refractivity contribution in [3.63, 3.8) is 0 Å². The van der Waals surface area contributed by atoms with Crippen LogP contribution in [0.2, 0.25) is 0 Å². The molecule has 1 aliphatic carbocycles. The number of nitrogen functional groups attached to an aromatic ring is 1. The van der Waals surface area contributed by atoms with Gasteiger partial charge >= 0.3 is 0 Å². The third-order valence-corrected chi connectivity index (χ3v) is 3.68. The largest absolute Gasteiger partial charge is 0.368 e. The van der Waals surface area contributed by atoms with Gasteiger partial charge in [0.25, 0.3) is 0 Å². The van der Waals surface area contributed by atoms with Crippen LogP contribution in [0.4, 0.5) is 11.8 Å². The van der Waals surface area contributed by atoms with Crippen LogP contribution in [-0.2, 0) is 0 Å². The van der Waals surface area contributed by atoms with E-state index in [1.54, 1.807) is 6.20 Å². The van der Waals surface area contributed by atoms with E-state index in [1.807, 2.05) is 6.07 Å². The molecule has 0 spiro atoms. The first-order chi connectivity index (χ1) is 8.16. The fourth-order valence-electron chi connectivity index (χ4n) is 2.78. The van der Waals surface area contributed by atoms with Crippen LogP contribution < -0.4 is 11.1 Å². The van der Waals surface area contributed by atoms with E-state index in [1.165, 1.54) is 25.7 Å². The van der Waals surface area contributed by atoms with Gasteiger partial charge in [-0.3, -0.25) is 0 Å². The van der Waals surface area contributed by atoms with Gasteiger partial charge in [0.15, 0.2) is 0 Å². The highest BCUT2D eigenvalue weighted by Gasteiger charge is 2.27. The molecule has 0 saturated heterocycles. The van der Waals surface area contributed by atoms with Crippen LogP contribution in [0.15, 0.2) is 12.3 Å². The Hall–Kier alpha value is -1.32. The molecule has 1 fully saturated rings. The predicted octanol–water partition coefficient (Wildman–Crippen LogP) is 2.69. The molecule has 0 bridgehead atoms. The molecular formula is C13H22N4. The summed E-state index contributed by atoms with van der Waals surface area (Å²) in [6, 6.07) is 2.42. The Kier molecular flexibility index (Phi) is 3.82. The van der Waals surface area contributed by atoms with E-state index in [4.69, 9.17) is 5.73 Å². The van der Waals surface area contributed by atoms with Gasteiger partial charge in [-0.1, -0.05) is 26.7 Å². The second-order valence-corrected chi connectivity index (χ2v) is 5.24. The van der Waals surface area contributed by atoms with Crippen molar-refractivity contribution in [2.24, 2.45) is 11.8 Å². The molecule has 0 amide bonds. The van der Waals surface area contributed by atoms with Gasteiger partial charge < -0.3 is 11.1 Å². The Labute approximate surface area is 103 Å². The molecule has 1 aliphatic rings. The number of nitrogens with two attached hydrogens (primary N) is 1. The first-order valence-electron chi connectivity index (χ1n) is 6.52. The molecule has 1 aromatic heterocycles. The minimum absolute atomic E-state index is 0.340. The minimum Gasteiger partial charge on any atom is -0.368 e. The minimum atomic E-state index is 0.340. The van der Waals surface area contributed by atoms with Crippen LogP contribution in [0, 0.1) is 11.8 Å². The van der Waals surface area contributed by atoms with Gasteiger partial charge in [0, 0.05) is 12.2 Å². The third-order valence-electron chi connectivity index (χ3n) is 3.68. The predicted molar refractivity (Wildman–Crippen MR) is 70.7 cm³/mol. The zero-order chi connectivity index (χ0) is 12.3.